The number of unbranched alkanes of at least 4 members (excludes halogenated alkanes) is 2. The zero-order chi connectivity index (χ0) is 26.8. The summed E-state index contributed by atoms with van der Waals surface area (Å²) in [6.45, 7) is 9.91. The molecule has 200 valence electrons. The van der Waals surface area contributed by atoms with E-state index >= 15 is 0 Å². The minimum atomic E-state index is -1.14. The first-order valence-electron chi connectivity index (χ1n) is 12.8. The fourth-order valence-electron chi connectivity index (χ4n) is 6.33. The Balaban J connectivity index is 1.74. The summed E-state index contributed by atoms with van der Waals surface area (Å²) in [6, 6.07) is 6.01. The lowest BCUT2D eigenvalue weighted by Crippen LogP contribution is -2.56. The van der Waals surface area contributed by atoms with Crippen molar-refractivity contribution >= 4 is 35.1 Å². The summed E-state index contributed by atoms with van der Waals surface area (Å²) in [7, 11) is 0. The number of anilines is 1. The predicted octanol–water partition coefficient (Wildman–Crippen LogP) is 3.52. The molecule has 0 aromatic heterocycles. The first kappa shape index (κ1) is 27.4. The number of aliphatic hydroxyl groups is 1. The molecule has 2 unspecified atom stereocenters. The van der Waals surface area contributed by atoms with Gasteiger partial charge in [-0.1, -0.05) is 30.3 Å². The number of hydrogen-bond acceptors (Lipinski definition) is 6. The van der Waals surface area contributed by atoms with Crippen LogP contribution in [0.15, 0.2) is 49.6 Å². The number of esters is 1. The van der Waals surface area contributed by atoms with Crippen molar-refractivity contribution in [2.24, 2.45) is 11.8 Å². The average molecular weight is 531 g/mol. The van der Waals surface area contributed by atoms with Crippen LogP contribution in [-0.4, -0.2) is 71.3 Å². The third-order valence-corrected chi connectivity index (χ3v) is 8.13. The number of aliphatic hydroxyl groups excluding tert-OH is 1. The Morgan fingerprint density at radius 3 is 2.59 bits per heavy atom. The molecule has 2 amide bonds. The predicted molar refractivity (Wildman–Crippen MR) is 140 cm³/mol. The van der Waals surface area contributed by atoms with Crippen LogP contribution in [0.4, 0.5) is 5.69 Å². The van der Waals surface area contributed by atoms with Gasteiger partial charge in [-0.2, -0.15) is 0 Å². The smallest absolute Gasteiger partial charge is 0.313 e. The monoisotopic (exact) mass is 530 g/mol. The lowest BCUT2D eigenvalue weighted by Gasteiger charge is -2.36. The lowest BCUT2D eigenvalue weighted by molar-refractivity contribution is -0.158. The van der Waals surface area contributed by atoms with Gasteiger partial charge in [-0.05, 0) is 63.3 Å². The molecule has 9 heteroatoms. The average Bonchev–Trinajstić information content (AvgIpc) is 3.44. The molecule has 1 spiro atoms. The summed E-state index contributed by atoms with van der Waals surface area (Å²) in [5.74, 6) is -2.68. The van der Waals surface area contributed by atoms with Crippen LogP contribution < -0.4 is 4.90 Å². The quantitative estimate of drug-likeness (QED) is 0.252. The van der Waals surface area contributed by atoms with Crippen LogP contribution in [0.5, 0.6) is 0 Å². The van der Waals surface area contributed by atoms with Crippen LogP contribution in [0.25, 0.3) is 0 Å². The summed E-state index contributed by atoms with van der Waals surface area (Å²) in [6.07, 6.45) is 6.06. The van der Waals surface area contributed by atoms with E-state index < -0.39 is 35.0 Å². The molecule has 3 saturated heterocycles. The maximum absolute atomic E-state index is 14.3. The molecule has 0 radical (unpaired) electrons. The number of hydrogen-bond donors (Lipinski definition) is 1. The van der Waals surface area contributed by atoms with E-state index in [4.69, 9.17) is 21.1 Å². The Morgan fingerprint density at radius 2 is 1.95 bits per heavy atom. The largest absolute Gasteiger partial charge is 0.461 e. The van der Waals surface area contributed by atoms with Gasteiger partial charge in [0, 0.05) is 30.4 Å². The third-order valence-electron chi connectivity index (χ3n) is 7.88. The number of likely N-dealkylation sites (tertiary alicyclic amines) is 1. The fourth-order valence-corrected chi connectivity index (χ4v) is 6.45. The van der Waals surface area contributed by atoms with Crippen LogP contribution in [0.1, 0.15) is 39.0 Å². The second-order valence-corrected chi connectivity index (χ2v) is 10.6. The number of fused-ring (bicyclic) bond motifs is 1. The molecule has 3 heterocycles. The van der Waals surface area contributed by atoms with Gasteiger partial charge < -0.3 is 24.4 Å². The minimum absolute atomic E-state index is 0.0379. The molecule has 1 aromatic carbocycles. The molecular weight excluding hydrogens is 496 g/mol. The standard InChI is InChI=1S/C28H35ClN2O6/c1-4-15-30(20-11-9-19(29)10-12-20)25(34)23-28-14-13-27(3,37-28)22(26(35)36-18-5-2)21(28)24(33)31(23)16-7-6-8-17-32/h4-5,9-12,21-23,32H,1-2,6-8,13-18H2,3H3/t21-,22-,23?,27+,28?/m0/s1. The van der Waals surface area contributed by atoms with Crippen LogP contribution in [0, 0.1) is 11.8 Å². The van der Waals surface area contributed by atoms with Gasteiger partial charge in [-0.3, -0.25) is 14.4 Å². The van der Waals surface area contributed by atoms with Crippen LogP contribution in [0.2, 0.25) is 5.02 Å². The maximum Gasteiger partial charge on any atom is 0.313 e. The zero-order valence-electron chi connectivity index (χ0n) is 21.2. The number of amides is 2. The number of halogens is 1. The Hall–Kier alpha value is -2.68. The number of carbonyl (C=O) groups is 3. The minimum Gasteiger partial charge on any atom is -0.461 e. The number of benzene rings is 1. The fraction of sp³-hybridized carbons (Fsp3) is 0.536. The van der Waals surface area contributed by atoms with Gasteiger partial charge in [0.05, 0.1) is 11.5 Å². The van der Waals surface area contributed by atoms with Gasteiger partial charge in [0.15, 0.2) is 0 Å². The van der Waals surface area contributed by atoms with Crippen molar-refractivity contribution in [2.75, 3.05) is 31.2 Å². The van der Waals surface area contributed by atoms with E-state index in [1.54, 1.807) is 40.1 Å². The van der Waals surface area contributed by atoms with E-state index in [0.29, 0.717) is 49.4 Å². The van der Waals surface area contributed by atoms with Gasteiger partial charge >= 0.3 is 5.97 Å². The molecule has 3 aliphatic heterocycles. The molecule has 5 atom stereocenters. The van der Waals surface area contributed by atoms with E-state index in [0.717, 1.165) is 0 Å². The van der Waals surface area contributed by atoms with Gasteiger partial charge in [-0.15, -0.1) is 6.58 Å². The van der Waals surface area contributed by atoms with Gasteiger partial charge in [0.2, 0.25) is 5.91 Å². The van der Waals surface area contributed by atoms with Gasteiger partial charge in [0.25, 0.3) is 5.91 Å². The Bertz CT molecular complexity index is 1060. The highest BCUT2D eigenvalue weighted by Crippen LogP contribution is 2.63. The van der Waals surface area contributed by atoms with E-state index in [1.165, 1.54) is 6.08 Å². The lowest BCUT2D eigenvalue weighted by atomic mass is 9.66. The molecule has 2 bridgehead atoms. The number of rotatable bonds is 12. The molecule has 3 fully saturated rings. The van der Waals surface area contributed by atoms with Gasteiger partial charge in [-0.25, -0.2) is 0 Å². The van der Waals surface area contributed by atoms with E-state index in [2.05, 4.69) is 13.2 Å². The zero-order valence-corrected chi connectivity index (χ0v) is 22.0. The highest BCUT2D eigenvalue weighted by Gasteiger charge is 2.78. The van der Waals surface area contributed by atoms with Crippen molar-refractivity contribution in [3.8, 4) is 0 Å². The van der Waals surface area contributed by atoms with E-state index in [9.17, 15) is 19.5 Å². The molecule has 3 aliphatic rings. The molecule has 37 heavy (non-hydrogen) atoms. The molecule has 0 saturated carbocycles. The molecule has 1 N–H and O–H groups in total. The van der Waals surface area contributed by atoms with E-state index in [1.807, 2.05) is 6.92 Å². The van der Waals surface area contributed by atoms with E-state index in [-0.39, 0.29) is 31.6 Å². The molecule has 8 nitrogen and oxygen atoms in total. The summed E-state index contributed by atoms with van der Waals surface area (Å²) in [4.78, 5) is 44.7. The highest BCUT2D eigenvalue weighted by molar-refractivity contribution is 6.30. The summed E-state index contributed by atoms with van der Waals surface area (Å²) < 4.78 is 12.0. The summed E-state index contributed by atoms with van der Waals surface area (Å²) in [5, 5.41) is 9.74. The third kappa shape index (κ3) is 4.71. The number of nitrogens with zero attached hydrogens (tertiary/aromatic N) is 2. The SMILES string of the molecule is C=CCOC(=O)[C@@H]1[C@H]2C(=O)N(CCCCCO)C(C(=O)N(CC=C)c3ccc(Cl)cc3)C23CC[C@@]1(C)O3. The first-order valence-corrected chi connectivity index (χ1v) is 13.2. The van der Waals surface area contributed by atoms with Crippen LogP contribution in [0.3, 0.4) is 0 Å². The summed E-state index contributed by atoms with van der Waals surface area (Å²) in [5.41, 5.74) is -1.41. The molecule has 1 aromatic rings. The highest BCUT2D eigenvalue weighted by atomic mass is 35.5. The van der Waals surface area contributed by atoms with Crippen LogP contribution >= 0.6 is 11.6 Å². The Kier molecular flexibility index (Phi) is 8.11. The van der Waals surface area contributed by atoms with Crippen molar-refractivity contribution in [2.45, 2.75) is 56.3 Å². The molecule has 0 aliphatic carbocycles. The van der Waals surface area contributed by atoms with Crippen molar-refractivity contribution in [1.82, 2.24) is 4.90 Å². The van der Waals surface area contributed by atoms with Crippen molar-refractivity contribution in [3.63, 3.8) is 0 Å². The second kappa shape index (κ2) is 11.0. The topological polar surface area (TPSA) is 96.4 Å². The summed E-state index contributed by atoms with van der Waals surface area (Å²) >= 11 is 6.08. The Labute approximate surface area is 222 Å². The first-order chi connectivity index (χ1) is 17.7. The van der Waals surface area contributed by atoms with Crippen molar-refractivity contribution < 1.29 is 29.0 Å². The molecular formula is C28H35ClN2O6. The normalized spacial score (nSPS) is 29.8. The second-order valence-electron chi connectivity index (χ2n) is 10.2. The maximum atomic E-state index is 14.3. The number of carbonyl (C=O) groups excluding carboxylic acids is 3. The van der Waals surface area contributed by atoms with Crippen molar-refractivity contribution in [1.29, 1.82) is 0 Å². The van der Waals surface area contributed by atoms with Crippen LogP contribution in [-0.2, 0) is 23.9 Å². The van der Waals surface area contributed by atoms with Crippen molar-refractivity contribution in [3.05, 3.63) is 54.6 Å². The van der Waals surface area contributed by atoms with Gasteiger partial charge in [0.1, 0.15) is 24.2 Å². The Morgan fingerprint density at radius 1 is 1.22 bits per heavy atom. The number of ether oxygens (including phenoxy) is 2. The molecule has 4 rings (SSSR count).